The van der Waals surface area contributed by atoms with Crippen LogP contribution < -0.4 is 5.19 Å². The van der Waals surface area contributed by atoms with Gasteiger partial charge in [0, 0.05) is 16.4 Å². The summed E-state index contributed by atoms with van der Waals surface area (Å²) >= 11 is 11.3. The van der Waals surface area contributed by atoms with Crippen LogP contribution in [0.1, 0.15) is 0 Å². The third-order valence-electron chi connectivity index (χ3n) is 1.04. The largest absolute Gasteiger partial charge is 0.243 e. The van der Waals surface area contributed by atoms with Crippen molar-refractivity contribution in [1.82, 2.24) is 4.98 Å². The van der Waals surface area contributed by atoms with Gasteiger partial charge in [0.05, 0.1) is 5.02 Å². The van der Waals surface area contributed by atoms with E-state index >= 15 is 0 Å². The standard InChI is InChI=1S/C5H5Cl2NSi/c6-4-3(9)1-2-8-5(4)7/h1-2H,9H3. The lowest BCUT2D eigenvalue weighted by molar-refractivity contribution is 1.34. The van der Waals surface area contributed by atoms with E-state index in [4.69, 9.17) is 23.2 Å². The molecule has 0 bridgehead atoms. The first-order valence-electron chi connectivity index (χ1n) is 2.48. The summed E-state index contributed by atoms with van der Waals surface area (Å²) in [6, 6.07) is 1.88. The normalized spacial score (nSPS) is 10.0. The Morgan fingerprint density at radius 1 is 1.44 bits per heavy atom. The van der Waals surface area contributed by atoms with Gasteiger partial charge in [0.2, 0.25) is 0 Å². The monoisotopic (exact) mass is 177 g/mol. The molecule has 1 rings (SSSR count). The highest BCUT2D eigenvalue weighted by atomic mass is 35.5. The Balaban J connectivity index is 3.25. The molecule has 1 aromatic heterocycles. The first-order valence-corrected chi connectivity index (χ1v) is 4.24. The first kappa shape index (κ1) is 7.06. The molecule has 0 atom stereocenters. The van der Waals surface area contributed by atoms with Crippen molar-refractivity contribution < 1.29 is 0 Å². The molecule has 0 saturated carbocycles. The molecule has 9 heavy (non-hydrogen) atoms. The molecule has 0 radical (unpaired) electrons. The van der Waals surface area contributed by atoms with Crippen LogP contribution in [-0.2, 0) is 0 Å². The van der Waals surface area contributed by atoms with Gasteiger partial charge in [-0.15, -0.1) is 0 Å². The van der Waals surface area contributed by atoms with Crippen molar-refractivity contribution in [1.29, 1.82) is 0 Å². The predicted molar refractivity (Wildman–Crippen MR) is 43.8 cm³/mol. The molecule has 1 nitrogen and oxygen atoms in total. The highest BCUT2D eigenvalue weighted by Gasteiger charge is 1.98. The second-order valence-corrected chi connectivity index (χ2v) is 3.55. The molecule has 0 aliphatic heterocycles. The van der Waals surface area contributed by atoms with Crippen LogP contribution in [0.5, 0.6) is 0 Å². The SMILES string of the molecule is [SiH3]c1ccnc(Cl)c1Cl. The Morgan fingerprint density at radius 3 is 2.56 bits per heavy atom. The van der Waals surface area contributed by atoms with Gasteiger partial charge in [-0.1, -0.05) is 23.2 Å². The number of rotatable bonds is 0. The maximum Gasteiger partial charge on any atom is 0.147 e. The Morgan fingerprint density at radius 2 is 2.11 bits per heavy atom. The van der Waals surface area contributed by atoms with E-state index < -0.39 is 0 Å². The zero-order valence-electron chi connectivity index (χ0n) is 4.86. The first-order chi connectivity index (χ1) is 4.22. The van der Waals surface area contributed by atoms with Crippen LogP contribution in [0.4, 0.5) is 0 Å². The molecule has 0 fully saturated rings. The van der Waals surface area contributed by atoms with Gasteiger partial charge in [0.25, 0.3) is 0 Å². The van der Waals surface area contributed by atoms with E-state index in [9.17, 15) is 0 Å². The topological polar surface area (TPSA) is 12.9 Å². The van der Waals surface area contributed by atoms with Crippen molar-refractivity contribution in [2.75, 3.05) is 0 Å². The van der Waals surface area contributed by atoms with Crippen molar-refractivity contribution in [3.8, 4) is 0 Å². The molecule has 0 unspecified atom stereocenters. The third kappa shape index (κ3) is 1.44. The zero-order valence-corrected chi connectivity index (χ0v) is 8.37. The lowest BCUT2D eigenvalue weighted by atomic mass is 10.5. The fourth-order valence-electron chi connectivity index (χ4n) is 0.507. The molecule has 48 valence electrons. The Kier molecular flexibility index (Phi) is 2.11. The predicted octanol–water partition coefficient (Wildman–Crippen LogP) is 0.379. The molecular weight excluding hydrogens is 173 g/mol. The summed E-state index contributed by atoms with van der Waals surface area (Å²) in [6.45, 7) is 0. The fourth-order valence-corrected chi connectivity index (χ4v) is 1.37. The molecule has 0 aliphatic rings. The quantitative estimate of drug-likeness (QED) is 0.413. The van der Waals surface area contributed by atoms with Gasteiger partial charge in [-0.3, -0.25) is 0 Å². The van der Waals surface area contributed by atoms with Gasteiger partial charge in [0.1, 0.15) is 5.15 Å². The molecular formula is C5H5Cl2NSi. The summed E-state index contributed by atoms with van der Waals surface area (Å²) in [7, 11) is 0.918. The van der Waals surface area contributed by atoms with E-state index in [-0.39, 0.29) is 0 Å². The second kappa shape index (κ2) is 2.69. The van der Waals surface area contributed by atoms with Gasteiger partial charge >= 0.3 is 0 Å². The Bertz CT molecular complexity index is 206. The van der Waals surface area contributed by atoms with E-state index in [1.54, 1.807) is 6.20 Å². The van der Waals surface area contributed by atoms with Crippen molar-refractivity contribution >= 4 is 38.6 Å². The van der Waals surface area contributed by atoms with Gasteiger partial charge in [-0.05, 0) is 11.3 Å². The van der Waals surface area contributed by atoms with Gasteiger partial charge in [-0.25, -0.2) is 4.98 Å². The fraction of sp³-hybridized carbons (Fsp3) is 0. The third-order valence-corrected chi connectivity index (χ3v) is 3.05. The highest BCUT2D eigenvalue weighted by Crippen LogP contribution is 2.13. The van der Waals surface area contributed by atoms with Crippen LogP contribution in [0.25, 0.3) is 0 Å². The number of hydrogen-bond donors (Lipinski definition) is 0. The lowest BCUT2D eigenvalue weighted by Crippen LogP contribution is -2.03. The van der Waals surface area contributed by atoms with Crippen molar-refractivity contribution in [3.05, 3.63) is 22.4 Å². The number of aromatic nitrogens is 1. The second-order valence-electron chi connectivity index (χ2n) is 1.73. The van der Waals surface area contributed by atoms with E-state index in [0.717, 1.165) is 15.4 Å². The minimum atomic E-state index is 0.407. The molecule has 0 amide bonds. The maximum absolute atomic E-state index is 5.72. The zero-order chi connectivity index (χ0) is 6.85. The average molecular weight is 178 g/mol. The number of nitrogens with zero attached hydrogens (tertiary/aromatic N) is 1. The van der Waals surface area contributed by atoms with Crippen LogP contribution >= 0.6 is 23.2 Å². The molecule has 1 aromatic rings. The molecule has 0 N–H and O–H groups in total. The van der Waals surface area contributed by atoms with E-state index in [1.807, 2.05) is 6.07 Å². The summed E-state index contributed by atoms with van der Waals surface area (Å²) in [4.78, 5) is 3.80. The van der Waals surface area contributed by atoms with Crippen LogP contribution in [0, 0.1) is 0 Å². The molecule has 0 aromatic carbocycles. The summed E-state index contributed by atoms with van der Waals surface area (Å²) in [5.41, 5.74) is 0. The van der Waals surface area contributed by atoms with Crippen LogP contribution in [0.2, 0.25) is 10.2 Å². The minimum absolute atomic E-state index is 0.407. The van der Waals surface area contributed by atoms with Crippen LogP contribution in [-0.4, -0.2) is 15.2 Å². The van der Waals surface area contributed by atoms with Gasteiger partial charge in [-0.2, -0.15) is 0 Å². The van der Waals surface area contributed by atoms with Crippen LogP contribution in [0.15, 0.2) is 12.3 Å². The summed E-state index contributed by atoms with van der Waals surface area (Å²) in [5.74, 6) is 0. The number of pyridine rings is 1. The molecule has 1 heterocycles. The lowest BCUT2D eigenvalue weighted by Gasteiger charge is -1.95. The van der Waals surface area contributed by atoms with E-state index in [0.29, 0.717) is 10.2 Å². The molecule has 4 heteroatoms. The summed E-state index contributed by atoms with van der Waals surface area (Å²) in [5, 5.41) is 2.10. The van der Waals surface area contributed by atoms with E-state index in [1.165, 1.54) is 0 Å². The van der Waals surface area contributed by atoms with Crippen molar-refractivity contribution in [2.45, 2.75) is 0 Å². The van der Waals surface area contributed by atoms with Crippen molar-refractivity contribution in [2.24, 2.45) is 0 Å². The summed E-state index contributed by atoms with van der Waals surface area (Å²) < 4.78 is 0. The number of halogens is 2. The number of hydrogen-bond acceptors (Lipinski definition) is 1. The van der Waals surface area contributed by atoms with Gasteiger partial charge in [0.15, 0.2) is 0 Å². The molecule has 0 spiro atoms. The molecule has 0 saturated heterocycles. The van der Waals surface area contributed by atoms with E-state index in [2.05, 4.69) is 4.98 Å². The van der Waals surface area contributed by atoms with Crippen LogP contribution in [0.3, 0.4) is 0 Å². The summed E-state index contributed by atoms with van der Waals surface area (Å²) in [6.07, 6.45) is 1.66. The maximum atomic E-state index is 5.72. The Hall–Kier alpha value is -0.0531. The average Bonchev–Trinajstić information content (AvgIpc) is 1.83. The van der Waals surface area contributed by atoms with Crippen molar-refractivity contribution in [3.63, 3.8) is 0 Å². The highest BCUT2D eigenvalue weighted by molar-refractivity contribution is 6.49. The smallest absolute Gasteiger partial charge is 0.147 e. The molecule has 0 aliphatic carbocycles. The minimum Gasteiger partial charge on any atom is -0.243 e. The van der Waals surface area contributed by atoms with Gasteiger partial charge < -0.3 is 0 Å². The Labute approximate surface area is 66.4 Å².